The molecule has 1 aliphatic rings. The molecule has 2 aromatic rings. The highest BCUT2D eigenvalue weighted by molar-refractivity contribution is 7.93. The zero-order valence-electron chi connectivity index (χ0n) is 14.2. The minimum Gasteiger partial charge on any atom is -0.337 e. The Labute approximate surface area is 157 Å². The van der Waals surface area contributed by atoms with E-state index in [1.165, 1.54) is 21.3 Å². The predicted octanol–water partition coefficient (Wildman–Crippen LogP) is 3.29. The maximum atomic E-state index is 13.9. The molecule has 1 amide bonds. The van der Waals surface area contributed by atoms with Gasteiger partial charge in [-0.3, -0.25) is 9.10 Å². The van der Waals surface area contributed by atoms with Crippen molar-refractivity contribution < 1.29 is 17.6 Å². The highest BCUT2D eigenvalue weighted by atomic mass is 35.5. The van der Waals surface area contributed by atoms with E-state index in [1.807, 2.05) is 0 Å². The summed E-state index contributed by atoms with van der Waals surface area (Å²) in [6.45, 7) is 0.414. The molecule has 0 spiro atoms. The molecule has 1 fully saturated rings. The summed E-state index contributed by atoms with van der Waals surface area (Å²) in [4.78, 5) is 14.0. The molecule has 1 saturated heterocycles. The Morgan fingerprint density at radius 1 is 1.27 bits per heavy atom. The third-order valence-electron chi connectivity index (χ3n) is 4.28. The van der Waals surface area contributed by atoms with Crippen LogP contribution in [-0.2, 0) is 16.6 Å². The third-order valence-corrected chi connectivity index (χ3v) is 6.51. The van der Waals surface area contributed by atoms with Gasteiger partial charge in [-0.25, -0.2) is 12.8 Å². The fraction of sp³-hybridized carbons (Fsp3) is 0.278. The van der Waals surface area contributed by atoms with Crippen LogP contribution < -0.4 is 4.31 Å². The molecular formula is C18H18ClFN2O3S. The minimum atomic E-state index is -3.32. The van der Waals surface area contributed by atoms with E-state index in [-0.39, 0.29) is 28.8 Å². The number of benzene rings is 2. The van der Waals surface area contributed by atoms with Gasteiger partial charge < -0.3 is 4.90 Å². The zero-order valence-corrected chi connectivity index (χ0v) is 15.7. The molecule has 0 aliphatic carbocycles. The van der Waals surface area contributed by atoms with Crippen molar-refractivity contribution in [1.82, 2.24) is 4.90 Å². The summed E-state index contributed by atoms with van der Waals surface area (Å²) in [6, 6.07) is 10.8. The van der Waals surface area contributed by atoms with Gasteiger partial charge in [0.25, 0.3) is 5.91 Å². The molecule has 26 heavy (non-hydrogen) atoms. The highest BCUT2D eigenvalue weighted by Crippen LogP contribution is 2.26. The van der Waals surface area contributed by atoms with Crippen molar-refractivity contribution in [3.05, 3.63) is 64.4 Å². The van der Waals surface area contributed by atoms with E-state index in [0.29, 0.717) is 24.2 Å². The number of amides is 1. The fourth-order valence-electron chi connectivity index (χ4n) is 2.94. The van der Waals surface area contributed by atoms with Gasteiger partial charge in [-0.05, 0) is 36.8 Å². The average molecular weight is 397 g/mol. The predicted molar refractivity (Wildman–Crippen MR) is 99.4 cm³/mol. The molecule has 0 aromatic heterocycles. The molecule has 0 unspecified atom stereocenters. The largest absolute Gasteiger partial charge is 0.337 e. The topological polar surface area (TPSA) is 57.7 Å². The van der Waals surface area contributed by atoms with Crippen LogP contribution in [0.15, 0.2) is 42.5 Å². The lowest BCUT2D eigenvalue weighted by Crippen LogP contribution is -2.28. The Morgan fingerprint density at radius 3 is 2.65 bits per heavy atom. The van der Waals surface area contributed by atoms with Crippen molar-refractivity contribution >= 4 is 33.2 Å². The molecule has 2 aromatic carbocycles. The smallest absolute Gasteiger partial charge is 0.253 e. The number of rotatable bonds is 4. The van der Waals surface area contributed by atoms with Gasteiger partial charge in [0.2, 0.25) is 10.0 Å². The first-order valence-corrected chi connectivity index (χ1v) is 10.1. The van der Waals surface area contributed by atoms with Crippen LogP contribution in [0.3, 0.4) is 0 Å². The molecule has 0 atom stereocenters. The van der Waals surface area contributed by atoms with Crippen LogP contribution in [0, 0.1) is 5.82 Å². The molecule has 5 nitrogen and oxygen atoms in total. The second-order valence-corrected chi connectivity index (χ2v) is 8.57. The molecule has 0 bridgehead atoms. The van der Waals surface area contributed by atoms with Crippen LogP contribution >= 0.6 is 11.6 Å². The third kappa shape index (κ3) is 3.68. The maximum Gasteiger partial charge on any atom is 0.253 e. The number of carbonyl (C=O) groups excluding carboxylic acids is 1. The van der Waals surface area contributed by atoms with Crippen LogP contribution in [0.25, 0.3) is 0 Å². The van der Waals surface area contributed by atoms with Crippen molar-refractivity contribution in [2.24, 2.45) is 0 Å². The first kappa shape index (κ1) is 18.7. The van der Waals surface area contributed by atoms with Crippen molar-refractivity contribution in [3.8, 4) is 0 Å². The van der Waals surface area contributed by atoms with E-state index in [2.05, 4.69) is 0 Å². The van der Waals surface area contributed by atoms with Crippen LogP contribution in [0.1, 0.15) is 22.3 Å². The van der Waals surface area contributed by atoms with Gasteiger partial charge >= 0.3 is 0 Å². The van der Waals surface area contributed by atoms with Gasteiger partial charge in [0.15, 0.2) is 0 Å². The summed E-state index contributed by atoms with van der Waals surface area (Å²) in [5.41, 5.74) is 1.04. The first-order chi connectivity index (χ1) is 12.3. The summed E-state index contributed by atoms with van der Waals surface area (Å²) < 4.78 is 39.4. The van der Waals surface area contributed by atoms with Crippen LogP contribution in [0.2, 0.25) is 5.02 Å². The summed E-state index contributed by atoms with van der Waals surface area (Å²) in [5.74, 6) is -0.714. The summed E-state index contributed by atoms with van der Waals surface area (Å²) in [7, 11) is -1.78. The van der Waals surface area contributed by atoms with Crippen molar-refractivity contribution in [2.75, 3.05) is 23.7 Å². The minimum absolute atomic E-state index is 0.0105. The number of halogens is 2. The SMILES string of the molecule is CN(Cc1c(F)cccc1Cl)C(=O)c1cccc(N2CCCS2(=O)=O)c1. The molecule has 0 N–H and O–H groups in total. The van der Waals surface area contributed by atoms with E-state index in [0.717, 1.165) is 0 Å². The molecule has 1 heterocycles. The van der Waals surface area contributed by atoms with E-state index in [9.17, 15) is 17.6 Å². The van der Waals surface area contributed by atoms with E-state index in [4.69, 9.17) is 11.6 Å². The molecular weight excluding hydrogens is 379 g/mol. The summed E-state index contributed by atoms with van der Waals surface area (Å²) >= 11 is 6.02. The fourth-order valence-corrected chi connectivity index (χ4v) is 4.72. The summed E-state index contributed by atoms with van der Waals surface area (Å²) in [6.07, 6.45) is 0.562. The Kier molecular flexibility index (Phi) is 5.20. The lowest BCUT2D eigenvalue weighted by atomic mass is 10.1. The van der Waals surface area contributed by atoms with Crippen molar-refractivity contribution in [3.63, 3.8) is 0 Å². The molecule has 138 valence electrons. The Balaban J connectivity index is 1.83. The molecule has 8 heteroatoms. The molecule has 0 radical (unpaired) electrons. The van der Waals surface area contributed by atoms with Crippen LogP contribution in [0.4, 0.5) is 10.1 Å². The maximum absolute atomic E-state index is 13.9. The summed E-state index contributed by atoms with van der Waals surface area (Å²) in [5, 5.41) is 0.251. The van der Waals surface area contributed by atoms with Gasteiger partial charge in [0.1, 0.15) is 5.82 Å². The van der Waals surface area contributed by atoms with Gasteiger partial charge in [0, 0.05) is 36.3 Å². The lowest BCUT2D eigenvalue weighted by Gasteiger charge is -2.21. The molecule has 0 saturated carbocycles. The van der Waals surface area contributed by atoms with Crippen molar-refractivity contribution in [2.45, 2.75) is 13.0 Å². The lowest BCUT2D eigenvalue weighted by molar-refractivity contribution is 0.0784. The van der Waals surface area contributed by atoms with Gasteiger partial charge in [-0.1, -0.05) is 23.7 Å². The van der Waals surface area contributed by atoms with E-state index >= 15 is 0 Å². The quantitative estimate of drug-likeness (QED) is 0.796. The zero-order chi connectivity index (χ0) is 18.9. The van der Waals surface area contributed by atoms with E-state index < -0.39 is 15.8 Å². The number of hydrogen-bond acceptors (Lipinski definition) is 3. The number of carbonyl (C=O) groups is 1. The number of nitrogens with zero attached hydrogens (tertiary/aromatic N) is 2. The van der Waals surface area contributed by atoms with Gasteiger partial charge in [0.05, 0.1) is 11.4 Å². The number of hydrogen-bond donors (Lipinski definition) is 0. The van der Waals surface area contributed by atoms with Gasteiger partial charge in [-0.15, -0.1) is 0 Å². The van der Waals surface area contributed by atoms with Crippen molar-refractivity contribution in [1.29, 1.82) is 0 Å². The van der Waals surface area contributed by atoms with Crippen LogP contribution in [-0.4, -0.2) is 38.6 Å². The first-order valence-electron chi connectivity index (χ1n) is 8.08. The average Bonchev–Trinajstić information content (AvgIpc) is 2.96. The molecule has 3 rings (SSSR count). The van der Waals surface area contributed by atoms with Crippen LogP contribution in [0.5, 0.6) is 0 Å². The normalized spacial score (nSPS) is 15.9. The Hall–Kier alpha value is -2.12. The number of sulfonamides is 1. The Morgan fingerprint density at radius 2 is 2.00 bits per heavy atom. The molecule has 1 aliphatic heterocycles. The Bertz CT molecular complexity index is 929. The highest BCUT2D eigenvalue weighted by Gasteiger charge is 2.29. The van der Waals surface area contributed by atoms with E-state index in [1.54, 1.807) is 37.4 Å². The second-order valence-electron chi connectivity index (χ2n) is 6.15. The number of anilines is 1. The van der Waals surface area contributed by atoms with Gasteiger partial charge in [-0.2, -0.15) is 0 Å². The second kappa shape index (κ2) is 7.25. The standard InChI is InChI=1S/C18H18ClFN2O3S/c1-21(12-15-16(19)7-3-8-17(15)20)18(23)13-5-2-6-14(11-13)22-9-4-10-26(22,24)25/h2-3,5-8,11H,4,9-10,12H2,1H3. The monoisotopic (exact) mass is 396 g/mol.